The van der Waals surface area contributed by atoms with Gasteiger partial charge in [0.1, 0.15) is 30.5 Å². The van der Waals surface area contributed by atoms with Crippen LogP contribution in [-0.2, 0) is 33.3 Å². The van der Waals surface area contributed by atoms with Crippen molar-refractivity contribution < 1.29 is 43.5 Å². The highest BCUT2D eigenvalue weighted by Crippen LogP contribution is 2.50. The summed E-state index contributed by atoms with van der Waals surface area (Å²) >= 11 is 0. The number of fused-ring (bicyclic) bond motifs is 3. The summed E-state index contributed by atoms with van der Waals surface area (Å²) in [5.74, 6) is -2.29. The number of unbranched alkanes of at least 4 members (excludes halogenated alkanes) is 12. The molecular weight excluding hydrogens is 600 g/mol. The van der Waals surface area contributed by atoms with E-state index in [9.17, 15) is 24.6 Å². The summed E-state index contributed by atoms with van der Waals surface area (Å²) < 4.78 is 22.7. The maximum atomic E-state index is 13.1. The van der Waals surface area contributed by atoms with Gasteiger partial charge in [0, 0.05) is 17.6 Å². The number of carbonyl (C=O) groups is 3. The van der Waals surface area contributed by atoms with Crippen LogP contribution in [0.4, 0.5) is 0 Å². The van der Waals surface area contributed by atoms with Crippen molar-refractivity contribution in [3.63, 3.8) is 0 Å². The first-order valence-electron chi connectivity index (χ1n) is 18.2. The first-order chi connectivity index (χ1) is 22.6. The quantitative estimate of drug-likeness (QED) is 0.0334. The number of rotatable bonds is 21. The van der Waals surface area contributed by atoms with Crippen LogP contribution in [0.5, 0.6) is 0 Å². The van der Waals surface area contributed by atoms with E-state index in [1.807, 2.05) is 13.0 Å². The summed E-state index contributed by atoms with van der Waals surface area (Å²) in [6, 6.07) is 0. The minimum Gasteiger partial charge on any atom is -0.461 e. The maximum absolute atomic E-state index is 13.1. The molecule has 0 unspecified atom stereocenters. The van der Waals surface area contributed by atoms with Crippen LogP contribution in [-0.4, -0.2) is 71.4 Å². The molecule has 1 aliphatic carbocycles. The maximum Gasteiger partial charge on any atom is 0.334 e. The Morgan fingerprint density at radius 3 is 2.30 bits per heavy atom. The molecule has 9 heteroatoms. The van der Waals surface area contributed by atoms with Crippen molar-refractivity contribution >= 4 is 17.9 Å². The molecule has 2 N–H and O–H groups in total. The second-order valence-electron chi connectivity index (χ2n) is 13.9. The molecule has 3 aliphatic rings. The molecule has 9 nitrogen and oxygen atoms in total. The molecular formula is C38H60O9. The second-order valence-corrected chi connectivity index (χ2v) is 13.9. The van der Waals surface area contributed by atoms with E-state index in [0.29, 0.717) is 25.7 Å². The topological polar surface area (TPSA) is 132 Å². The van der Waals surface area contributed by atoms with Gasteiger partial charge < -0.3 is 29.2 Å². The van der Waals surface area contributed by atoms with Gasteiger partial charge in [-0.25, -0.2) is 9.59 Å². The zero-order valence-electron chi connectivity index (χ0n) is 29.1. The number of hydrogen-bond donors (Lipinski definition) is 2. The van der Waals surface area contributed by atoms with Gasteiger partial charge in [-0.15, -0.1) is 0 Å². The summed E-state index contributed by atoms with van der Waals surface area (Å²) in [4.78, 5) is 37.9. The molecule has 2 heterocycles. The fourth-order valence-electron chi connectivity index (χ4n) is 6.82. The molecule has 6 atom stereocenters. The SMILES string of the molecule is C=C1C(=O)O[C@H]2[C@H]1[C@H](OC(=O)/C(C)=C/COC(=O)C[C@H](O)CCCCCCCCCCCCCCC)C/C(C)=C/CC[C@@]1(CO)O[C@@H]21. The van der Waals surface area contributed by atoms with E-state index in [2.05, 4.69) is 13.5 Å². The summed E-state index contributed by atoms with van der Waals surface area (Å²) in [5, 5.41) is 20.3. The molecule has 47 heavy (non-hydrogen) atoms. The van der Waals surface area contributed by atoms with Gasteiger partial charge in [0.15, 0.2) is 0 Å². The van der Waals surface area contributed by atoms with Crippen LogP contribution in [0, 0.1) is 5.92 Å². The zero-order chi connectivity index (χ0) is 34.2. The highest BCUT2D eigenvalue weighted by molar-refractivity contribution is 5.92. The van der Waals surface area contributed by atoms with Crippen LogP contribution in [0.2, 0.25) is 0 Å². The van der Waals surface area contributed by atoms with Crippen molar-refractivity contribution in [1.82, 2.24) is 0 Å². The van der Waals surface area contributed by atoms with Gasteiger partial charge in [0.2, 0.25) is 0 Å². The fourth-order valence-corrected chi connectivity index (χ4v) is 6.82. The molecule has 0 radical (unpaired) electrons. The monoisotopic (exact) mass is 660 g/mol. The molecule has 0 aromatic heterocycles. The molecule has 0 spiro atoms. The number of allylic oxidation sites excluding steroid dienone is 1. The Kier molecular flexibility index (Phi) is 16.7. The summed E-state index contributed by atoms with van der Waals surface area (Å²) in [5.41, 5.74) is 0.671. The molecule has 0 amide bonds. The Bertz CT molecular complexity index is 1090. The van der Waals surface area contributed by atoms with Crippen LogP contribution >= 0.6 is 0 Å². The van der Waals surface area contributed by atoms with Gasteiger partial charge in [0.25, 0.3) is 0 Å². The Morgan fingerprint density at radius 1 is 1.06 bits per heavy atom. The van der Waals surface area contributed by atoms with Crippen molar-refractivity contribution in [2.24, 2.45) is 5.92 Å². The third-order valence-electron chi connectivity index (χ3n) is 9.89. The second kappa shape index (κ2) is 20.1. The van der Waals surface area contributed by atoms with Crippen molar-refractivity contribution in [1.29, 1.82) is 0 Å². The number of aliphatic hydroxyl groups is 2. The molecule has 0 aromatic rings. The highest BCUT2D eigenvalue weighted by atomic mass is 16.7. The third-order valence-corrected chi connectivity index (χ3v) is 9.89. The normalized spacial score (nSPS) is 27.6. The van der Waals surface area contributed by atoms with E-state index in [1.54, 1.807) is 6.92 Å². The van der Waals surface area contributed by atoms with Gasteiger partial charge in [-0.2, -0.15) is 0 Å². The standard InChI is InChI=1S/C38H60O9/c1-5-6-7-8-9-10-11-12-13-14-15-16-17-20-30(40)25-32(41)44-23-21-28(3)36(42)45-31-24-27(2)19-18-22-38(26-39)35(47-38)34-33(31)29(4)37(43)46-34/h19,21,30-31,33-35,39-40H,4-18,20,22-26H2,1-3H3/b27-19+,28-21+/t30-,31-,33-,34+,35+,38+/m1/s1. The van der Waals surface area contributed by atoms with E-state index in [4.69, 9.17) is 18.9 Å². The summed E-state index contributed by atoms with van der Waals surface area (Å²) in [6.45, 7) is 9.37. The average Bonchev–Trinajstić information content (AvgIpc) is 3.68. The number of epoxide rings is 1. The van der Waals surface area contributed by atoms with Gasteiger partial charge in [-0.3, -0.25) is 4.79 Å². The number of esters is 3. The lowest BCUT2D eigenvalue weighted by atomic mass is 9.81. The first-order valence-corrected chi connectivity index (χ1v) is 18.2. The lowest BCUT2D eigenvalue weighted by molar-refractivity contribution is -0.149. The minimum absolute atomic E-state index is 0.0823. The predicted molar refractivity (Wildman–Crippen MR) is 180 cm³/mol. The first kappa shape index (κ1) is 39.0. The van der Waals surface area contributed by atoms with Crippen molar-refractivity contribution in [3.8, 4) is 0 Å². The zero-order valence-corrected chi connectivity index (χ0v) is 29.1. The summed E-state index contributed by atoms with van der Waals surface area (Å²) in [7, 11) is 0. The number of hydrogen-bond acceptors (Lipinski definition) is 9. The highest BCUT2D eigenvalue weighted by Gasteiger charge is 2.65. The molecule has 0 saturated carbocycles. The number of carbonyl (C=O) groups excluding carboxylic acids is 3. The smallest absolute Gasteiger partial charge is 0.334 e. The number of ether oxygens (including phenoxy) is 4. The van der Waals surface area contributed by atoms with Crippen LogP contribution < -0.4 is 0 Å². The van der Waals surface area contributed by atoms with E-state index >= 15 is 0 Å². The molecule has 0 aromatic carbocycles. The van der Waals surface area contributed by atoms with Gasteiger partial charge in [-0.05, 0) is 39.2 Å². The lowest BCUT2D eigenvalue weighted by Gasteiger charge is -2.28. The van der Waals surface area contributed by atoms with E-state index in [-0.39, 0.29) is 30.8 Å². The van der Waals surface area contributed by atoms with Gasteiger partial charge in [-0.1, -0.05) is 109 Å². The van der Waals surface area contributed by atoms with Crippen molar-refractivity contribution in [3.05, 3.63) is 35.5 Å². The minimum atomic E-state index is -0.782. The van der Waals surface area contributed by atoms with Crippen molar-refractivity contribution in [2.75, 3.05) is 13.2 Å². The van der Waals surface area contributed by atoms with E-state index < -0.39 is 53.8 Å². The third kappa shape index (κ3) is 12.5. The molecule has 2 aliphatic heterocycles. The average molecular weight is 661 g/mol. The Balaban J connectivity index is 1.34. The van der Waals surface area contributed by atoms with Gasteiger partial charge in [0.05, 0.1) is 25.0 Å². The van der Waals surface area contributed by atoms with Crippen LogP contribution in [0.25, 0.3) is 0 Å². The summed E-state index contributed by atoms with van der Waals surface area (Å²) in [6.07, 6.45) is 19.3. The van der Waals surface area contributed by atoms with Crippen molar-refractivity contribution in [2.45, 2.75) is 166 Å². The molecule has 0 bridgehead atoms. The van der Waals surface area contributed by atoms with E-state index in [0.717, 1.165) is 24.8 Å². The Hall–Kier alpha value is -2.49. The largest absolute Gasteiger partial charge is 0.461 e. The molecule has 2 fully saturated rings. The predicted octanol–water partition coefficient (Wildman–Crippen LogP) is 6.98. The van der Waals surface area contributed by atoms with Crippen LogP contribution in [0.15, 0.2) is 35.5 Å². The molecule has 266 valence electrons. The fraction of sp³-hybridized carbons (Fsp3) is 0.763. The Morgan fingerprint density at radius 2 is 1.68 bits per heavy atom. The van der Waals surface area contributed by atoms with Gasteiger partial charge >= 0.3 is 17.9 Å². The Labute approximate surface area is 282 Å². The number of aliphatic hydroxyl groups excluding tert-OH is 2. The van der Waals surface area contributed by atoms with Crippen LogP contribution in [0.1, 0.15) is 136 Å². The lowest BCUT2D eigenvalue weighted by Crippen LogP contribution is -2.39. The van der Waals surface area contributed by atoms with E-state index in [1.165, 1.54) is 70.3 Å². The molecule has 3 rings (SSSR count). The molecule has 2 saturated heterocycles. The van der Waals surface area contributed by atoms with Crippen LogP contribution in [0.3, 0.4) is 0 Å².